The first kappa shape index (κ1) is 16.2. The lowest BCUT2D eigenvalue weighted by Crippen LogP contribution is -2.44. The molecule has 1 aliphatic rings. The second-order valence-corrected chi connectivity index (χ2v) is 6.07. The molecule has 0 aliphatic heterocycles. The van der Waals surface area contributed by atoms with Gasteiger partial charge in [-0.3, -0.25) is 9.59 Å². The van der Waals surface area contributed by atoms with Gasteiger partial charge in [0, 0.05) is 0 Å². The van der Waals surface area contributed by atoms with E-state index >= 15 is 0 Å². The van der Waals surface area contributed by atoms with Crippen LogP contribution in [0.4, 0.5) is 0 Å². The minimum absolute atomic E-state index is 0.00949. The maximum Gasteiger partial charge on any atom is 0.313 e. The Morgan fingerprint density at radius 1 is 1.18 bits per heavy atom. The summed E-state index contributed by atoms with van der Waals surface area (Å²) in [6, 6.07) is 9.46. The molecule has 2 atom stereocenters. The molecule has 0 saturated carbocycles. The standard InChI is InChI=1S/C17H20O5/c1-16(14(18)19)8-5-9-17(11-16,15(20)21)12-22-10-13-6-3-2-4-7-13/h2-8H,9-12H2,1H3,(H,18,19)(H,20,21). The molecule has 5 nitrogen and oxygen atoms in total. The molecular formula is C17H20O5. The van der Waals surface area contributed by atoms with Crippen molar-refractivity contribution in [3.05, 3.63) is 48.0 Å². The quantitative estimate of drug-likeness (QED) is 0.789. The zero-order valence-electron chi connectivity index (χ0n) is 12.5. The van der Waals surface area contributed by atoms with E-state index in [-0.39, 0.29) is 19.4 Å². The lowest BCUT2D eigenvalue weighted by atomic mass is 9.66. The summed E-state index contributed by atoms with van der Waals surface area (Å²) in [5, 5.41) is 18.9. The maximum atomic E-state index is 11.7. The Bertz CT molecular complexity index is 580. The second kappa shape index (κ2) is 6.32. The molecule has 1 aliphatic carbocycles. The predicted molar refractivity (Wildman–Crippen MR) is 80.3 cm³/mol. The zero-order valence-corrected chi connectivity index (χ0v) is 12.5. The van der Waals surface area contributed by atoms with Crippen LogP contribution in [-0.4, -0.2) is 28.8 Å². The molecule has 5 heteroatoms. The van der Waals surface area contributed by atoms with Crippen molar-refractivity contribution in [3.8, 4) is 0 Å². The molecule has 22 heavy (non-hydrogen) atoms. The number of hydrogen-bond acceptors (Lipinski definition) is 3. The Morgan fingerprint density at radius 2 is 1.86 bits per heavy atom. The lowest BCUT2D eigenvalue weighted by Gasteiger charge is -2.37. The number of carboxylic acids is 2. The van der Waals surface area contributed by atoms with Gasteiger partial charge in [-0.15, -0.1) is 0 Å². The Labute approximate surface area is 129 Å². The van der Waals surface area contributed by atoms with Crippen LogP contribution in [0.1, 0.15) is 25.3 Å². The first-order chi connectivity index (χ1) is 10.4. The van der Waals surface area contributed by atoms with E-state index in [0.29, 0.717) is 6.61 Å². The molecule has 0 saturated heterocycles. The number of hydrogen-bond donors (Lipinski definition) is 2. The Hall–Kier alpha value is -2.14. The first-order valence-corrected chi connectivity index (χ1v) is 7.14. The number of allylic oxidation sites excluding steroid dienone is 1. The highest BCUT2D eigenvalue weighted by atomic mass is 16.5. The predicted octanol–water partition coefficient (Wildman–Crippen LogP) is 2.72. The van der Waals surface area contributed by atoms with E-state index in [0.717, 1.165) is 5.56 Å². The summed E-state index contributed by atoms with van der Waals surface area (Å²) in [6.07, 6.45) is 3.52. The van der Waals surface area contributed by atoms with Crippen LogP contribution in [0.25, 0.3) is 0 Å². The normalized spacial score (nSPS) is 27.5. The van der Waals surface area contributed by atoms with Crippen LogP contribution in [0.3, 0.4) is 0 Å². The van der Waals surface area contributed by atoms with Crippen molar-refractivity contribution < 1.29 is 24.5 Å². The van der Waals surface area contributed by atoms with E-state index in [2.05, 4.69) is 0 Å². The fraction of sp³-hybridized carbons (Fsp3) is 0.412. The monoisotopic (exact) mass is 304 g/mol. The summed E-state index contributed by atoms with van der Waals surface area (Å²) in [7, 11) is 0. The van der Waals surface area contributed by atoms with Gasteiger partial charge in [-0.05, 0) is 25.3 Å². The molecule has 0 heterocycles. The van der Waals surface area contributed by atoms with E-state index in [1.807, 2.05) is 30.3 Å². The minimum atomic E-state index is -1.20. The van der Waals surface area contributed by atoms with Crippen LogP contribution >= 0.6 is 0 Å². The summed E-state index contributed by atoms with van der Waals surface area (Å²) in [5.41, 5.74) is -1.42. The highest BCUT2D eigenvalue weighted by molar-refractivity contribution is 5.81. The van der Waals surface area contributed by atoms with Gasteiger partial charge in [0.05, 0.1) is 24.0 Å². The minimum Gasteiger partial charge on any atom is -0.481 e. The number of carboxylic acid groups (broad SMARTS) is 2. The molecule has 1 aromatic rings. The number of carbonyl (C=O) groups is 2. The average Bonchev–Trinajstić information content (AvgIpc) is 2.48. The van der Waals surface area contributed by atoms with Gasteiger partial charge in [0.25, 0.3) is 0 Å². The molecule has 1 aromatic carbocycles. The van der Waals surface area contributed by atoms with Crippen molar-refractivity contribution in [3.63, 3.8) is 0 Å². The molecule has 0 fully saturated rings. The van der Waals surface area contributed by atoms with E-state index in [1.54, 1.807) is 19.1 Å². The van der Waals surface area contributed by atoms with Crippen LogP contribution in [-0.2, 0) is 20.9 Å². The fourth-order valence-corrected chi connectivity index (χ4v) is 2.80. The third-order valence-electron chi connectivity index (χ3n) is 4.13. The van der Waals surface area contributed by atoms with E-state index in [9.17, 15) is 19.8 Å². The van der Waals surface area contributed by atoms with Gasteiger partial charge in [0.2, 0.25) is 0 Å². The van der Waals surface area contributed by atoms with Gasteiger partial charge in [-0.1, -0.05) is 42.5 Å². The number of aliphatic carboxylic acids is 2. The Balaban J connectivity index is 2.08. The van der Waals surface area contributed by atoms with Crippen molar-refractivity contribution >= 4 is 11.9 Å². The third kappa shape index (κ3) is 3.36. The molecule has 0 amide bonds. The molecule has 0 radical (unpaired) electrons. The molecule has 0 spiro atoms. The van der Waals surface area contributed by atoms with Gasteiger partial charge < -0.3 is 14.9 Å². The van der Waals surface area contributed by atoms with Gasteiger partial charge in [0.15, 0.2) is 0 Å². The van der Waals surface area contributed by atoms with Crippen LogP contribution < -0.4 is 0 Å². The van der Waals surface area contributed by atoms with Crippen LogP contribution in [0.2, 0.25) is 0 Å². The van der Waals surface area contributed by atoms with Gasteiger partial charge in [-0.2, -0.15) is 0 Å². The lowest BCUT2D eigenvalue weighted by molar-refractivity contribution is -0.160. The van der Waals surface area contributed by atoms with Crippen molar-refractivity contribution in [2.45, 2.75) is 26.4 Å². The molecule has 118 valence electrons. The highest BCUT2D eigenvalue weighted by Gasteiger charge is 2.48. The molecule has 0 bridgehead atoms. The molecule has 2 N–H and O–H groups in total. The summed E-state index contributed by atoms with van der Waals surface area (Å²) in [4.78, 5) is 23.1. The summed E-state index contributed by atoms with van der Waals surface area (Å²) < 4.78 is 5.59. The zero-order chi connectivity index (χ0) is 16.2. The third-order valence-corrected chi connectivity index (χ3v) is 4.13. The second-order valence-electron chi connectivity index (χ2n) is 6.07. The van der Waals surface area contributed by atoms with Crippen molar-refractivity contribution in [1.82, 2.24) is 0 Å². The van der Waals surface area contributed by atoms with Crippen LogP contribution in [0, 0.1) is 10.8 Å². The first-order valence-electron chi connectivity index (χ1n) is 7.14. The van der Waals surface area contributed by atoms with Gasteiger partial charge in [-0.25, -0.2) is 0 Å². The highest BCUT2D eigenvalue weighted by Crippen LogP contribution is 2.43. The Morgan fingerprint density at radius 3 is 2.45 bits per heavy atom. The summed E-state index contributed by atoms with van der Waals surface area (Å²) in [5.74, 6) is -2.03. The number of rotatable bonds is 6. The van der Waals surface area contributed by atoms with Crippen molar-refractivity contribution in [1.29, 1.82) is 0 Å². The SMILES string of the molecule is CC1(C(=O)O)C=CCC(COCc2ccccc2)(C(=O)O)C1. The van der Waals surface area contributed by atoms with Gasteiger partial charge >= 0.3 is 11.9 Å². The van der Waals surface area contributed by atoms with E-state index in [4.69, 9.17) is 4.74 Å². The molecule has 2 unspecified atom stereocenters. The summed E-state index contributed by atoms with van der Waals surface area (Å²) in [6.45, 7) is 1.84. The number of ether oxygens (including phenoxy) is 1. The summed E-state index contributed by atoms with van der Waals surface area (Å²) >= 11 is 0. The van der Waals surface area contributed by atoms with Crippen LogP contribution in [0.5, 0.6) is 0 Å². The van der Waals surface area contributed by atoms with Crippen LogP contribution in [0.15, 0.2) is 42.5 Å². The molecular weight excluding hydrogens is 284 g/mol. The van der Waals surface area contributed by atoms with Crippen molar-refractivity contribution in [2.75, 3.05) is 6.61 Å². The van der Waals surface area contributed by atoms with Crippen molar-refractivity contribution in [2.24, 2.45) is 10.8 Å². The Kier molecular flexibility index (Phi) is 4.66. The van der Waals surface area contributed by atoms with E-state index < -0.39 is 22.8 Å². The fourth-order valence-electron chi connectivity index (χ4n) is 2.80. The average molecular weight is 304 g/mol. The smallest absolute Gasteiger partial charge is 0.313 e. The topological polar surface area (TPSA) is 83.8 Å². The van der Waals surface area contributed by atoms with E-state index in [1.165, 1.54) is 0 Å². The molecule has 2 rings (SSSR count). The maximum absolute atomic E-state index is 11.7. The molecule has 0 aromatic heterocycles. The largest absolute Gasteiger partial charge is 0.481 e. The number of benzene rings is 1. The van der Waals surface area contributed by atoms with Gasteiger partial charge in [0.1, 0.15) is 0 Å².